The zero-order valence-electron chi connectivity index (χ0n) is 15.1. The van der Waals surface area contributed by atoms with Gasteiger partial charge in [-0.3, -0.25) is 14.4 Å². The van der Waals surface area contributed by atoms with Gasteiger partial charge >= 0.3 is 5.97 Å². The minimum Gasteiger partial charge on any atom is -0.455 e. The molecule has 6 heteroatoms. The summed E-state index contributed by atoms with van der Waals surface area (Å²) in [6.07, 6.45) is 1.22. The topological polar surface area (TPSA) is 75.7 Å². The van der Waals surface area contributed by atoms with Crippen LogP contribution in [0.2, 0.25) is 0 Å². The molecule has 1 N–H and O–H groups in total. The summed E-state index contributed by atoms with van der Waals surface area (Å²) >= 11 is 0. The van der Waals surface area contributed by atoms with Crippen LogP contribution < -0.4 is 5.32 Å². The molecular weight excluding hydrogens is 320 g/mol. The molecule has 0 radical (unpaired) electrons. The average Bonchev–Trinajstić information content (AvgIpc) is 2.53. The Morgan fingerprint density at radius 3 is 2.28 bits per heavy atom. The van der Waals surface area contributed by atoms with Crippen LogP contribution in [0.3, 0.4) is 0 Å². The van der Waals surface area contributed by atoms with Crippen molar-refractivity contribution in [2.24, 2.45) is 11.8 Å². The van der Waals surface area contributed by atoms with Crippen molar-refractivity contribution in [3.05, 3.63) is 29.8 Å². The highest BCUT2D eigenvalue weighted by molar-refractivity contribution is 5.88. The molecule has 0 bridgehead atoms. The Kier molecular flexibility index (Phi) is 6.56. The van der Waals surface area contributed by atoms with Gasteiger partial charge in [-0.2, -0.15) is 0 Å². The maximum absolute atomic E-state index is 12.2. The second-order valence-electron chi connectivity index (χ2n) is 6.96. The first-order valence-corrected chi connectivity index (χ1v) is 8.63. The Morgan fingerprint density at radius 2 is 1.72 bits per heavy atom. The number of piperidine rings is 1. The van der Waals surface area contributed by atoms with Gasteiger partial charge < -0.3 is 15.0 Å². The van der Waals surface area contributed by atoms with Gasteiger partial charge in [0.25, 0.3) is 5.91 Å². The van der Waals surface area contributed by atoms with E-state index in [2.05, 4.69) is 19.2 Å². The number of benzene rings is 1. The van der Waals surface area contributed by atoms with E-state index in [9.17, 15) is 14.4 Å². The van der Waals surface area contributed by atoms with E-state index in [0.717, 1.165) is 25.1 Å². The van der Waals surface area contributed by atoms with E-state index in [4.69, 9.17) is 4.74 Å². The molecule has 1 aromatic rings. The quantitative estimate of drug-likeness (QED) is 0.830. The Morgan fingerprint density at radius 1 is 1.12 bits per heavy atom. The monoisotopic (exact) mass is 346 g/mol. The summed E-state index contributed by atoms with van der Waals surface area (Å²) in [5, 5.41) is 2.66. The second-order valence-corrected chi connectivity index (χ2v) is 6.96. The minimum absolute atomic E-state index is 0.0977. The van der Waals surface area contributed by atoms with E-state index in [1.165, 1.54) is 6.92 Å². The first kappa shape index (κ1) is 19.0. The van der Waals surface area contributed by atoms with Gasteiger partial charge in [0.15, 0.2) is 6.61 Å². The van der Waals surface area contributed by atoms with Crippen LogP contribution >= 0.6 is 0 Å². The van der Waals surface area contributed by atoms with Crippen molar-refractivity contribution in [2.75, 3.05) is 25.0 Å². The lowest BCUT2D eigenvalue weighted by Gasteiger charge is -2.34. The van der Waals surface area contributed by atoms with Gasteiger partial charge in [-0.05, 0) is 36.0 Å². The molecule has 136 valence electrons. The minimum atomic E-state index is -0.432. The summed E-state index contributed by atoms with van der Waals surface area (Å²) in [6, 6.07) is 6.96. The van der Waals surface area contributed by atoms with Crippen molar-refractivity contribution in [1.82, 2.24) is 4.90 Å². The maximum Gasteiger partial charge on any atom is 0.310 e. The van der Waals surface area contributed by atoms with E-state index >= 15 is 0 Å². The van der Waals surface area contributed by atoms with Crippen molar-refractivity contribution < 1.29 is 19.1 Å². The number of hydrogen-bond donors (Lipinski definition) is 1. The molecule has 1 aliphatic heterocycles. The lowest BCUT2D eigenvalue weighted by Crippen LogP contribution is -2.44. The van der Waals surface area contributed by atoms with Gasteiger partial charge in [0.05, 0.1) is 6.42 Å². The molecule has 6 nitrogen and oxygen atoms in total. The van der Waals surface area contributed by atoms with Gasteiger partial charge in [-0.15, -0.1) is 0 Å². The van der Waals surface area contributed by atoms with Crippen LogP contribution in [-0.2, 0) is 25.5 Å². The Hall–Kier alpha value is -2.37. The molecule has 25 heavy (non-hydrogen) atoms. The summed E-state index contributed by atoms with van der Waals surface area (Å²) in [5.41, 5.74) is 1.44. The van der Waals surface area contributed by atoms with Crippen molar-refractivity contribution in [3.63, 3.8) is 0 Å². The molecule has 0 aliphatic carbocycles. The van der Waals surface area contributed by atoms with Crippen LogP contribution in [-0.4, -0.2) is 42.4 Å². The highest BCUT2D eigenvalue weighted by Gasteiger charge is 2.25. The molecule has 2 atom stereocenters. The van der Waals surface area contributed by atoms with Gasteiger partial charge in [0, 0.05) is 25.7 Å². The number of ether oxygens (including phenoxy) is 1. The van der Waals surface area contributed by atoms with Gasteiger partial charge in [-0.1, -0.05) is 26.0 Å². The lowest BCUT2D eigenvalue weighted by molar-refractivity contribution is -0.152. The van der Waals surface area contributed by atoms with Gasteiger partial charge in [0.1, 0.15) is 0 Å². The predicted octanol–water partition coefficient (Wildman–Crippen LogP) is 2.24. The van der Waals surface area contributed by atoms with E-state index in [0.29, 0.717) is 17.5 Å². The standard InChI is InChI=1S/C19H26N2O4/c1-13-8-14(2)11-21(10-13)18(23)12-25-19(24)9-16-4-6-17(7-5-16)20-15(3)22/h4-7,13-14H,8-12H2,1-3H3,(H,20,22)/t13-,14-/m1/s1. The predicted molar refractivity (Wildman–Crippen MR) is 94.9 cm³/mol. The SMILES string of the molecule is CC(=O)Nc1ccc(CC(=O)OCC(=O)N2C[C@H](C)C[C@@H](C)C2)cc1. The van der Waals surface area contributed by atoms with Crippen LogP contribution in [0.5, 0.6) is 0 Å². The molecule has 2 rings (SSSR count). The van der Waals surface area contributed by atoms with Crippen LogP contribution in [0, 0.1) is 11.8 Å². The number of nitrogens with one attached hydrogen (secondary N) is 1. The van der Waals surface area contributed by atoms with E-state index in [1.54, 1.807) is 29.2 Å². The number of nitrogens with zero attached hydrogens (tertiary/aromatic N) is 1. The summed E-state index contributed by atoms with van der Waals surface area (Å²) < 4.78 is 5.13. The number of esters is 1. The van der Waals surface area contributed by atoms with Crippen molar-refractivity contribution in [1.29, 1.82) is 0 Å². The molecule has 1 heterocycles. The summed E-state index contributed by atoms with van der Waals surface area (Å²) in [7, 11) is 0. The molecule has 1 fully saturated rings. The summed E-state index contributed by atoms with van der Waals surface area (Å²) in [5.74, 6) is 0.245. The number of carbonyl (C=O) groups excluding carboxylic acids is 3. The third kappa shape index (κ3) is 6.21. The number of amides is 2. The molecule has 0 aromatic heterocycles. The van der Waals surface area contributed by atoms with Gasteiger partial charge in [-0.25, -0.2) is 0 Å². The second kappa shape index (κ2) is 8.65. The van der Waals surface area contributed by atoms with Crippen LogP contribution in [0.4, 0.5) is 5.69 Å². The van der Waals surface area contributed by atoms with Crippen LogP contribution in [0.25, 0.3) is 0 Å². The first-order chi connectivity index (χ1) is 11.8. The van der Waals surface area contributed by atoms with Crippen LogP contribution in [0.15, 0.2) is 24.3 Å². The molecular formula is C19H26N2O4. The van der Waals surface area contributed by atoms with Crippen molar-refractivity contribution >= 4 is 23.5 Å². The molecule has 0 spiro atoms. The van der Waals surface area contributed by atoms with Crippen LogP contribution in [0.1, 0.15) is 32.8 Å². The highest BCUT2D eigenvalue weighted by Crippen LogP contribution is 2.21. The number of carbonyl (C=O) groups is 3. The highest BCUT2D eigenvalue weighted by atomic mass is 16.5. The van der Waals surface area contributed by atoms with E-state index in [-0.39, 0.29) is 24.8 Å². The zero-order valence-corrected chi connectivity index (χ0v) is 15.1. The number of hydrogen-bond acceptors (Lipinski definition) is 4. The molecule has 0 saturated carbocycles. The summed E-state index contributed by atoms with van der Waals surface area (Å²) in [6.45, 7) is 6.95. The fourth-order valence-electron chi connectivity index (χ4n) is 3.23. The Balaban J connectivity index is 1.78. The zero-order chi connectivity index (χ0) is 18.4. The maximum atomic E-state index is 12.2. The number of likely N-dealkylation sites (tertiary alicyclic amines) is 1. The molecule has 1 aromatic carbocycles. The largest absolute Gasteiger partial charge is 0.455 e. The Labute approximate surface area is 148 Å². The molecule has 1 aliphatic rings. The normalized spacial score (nSPS) is 20.0. The van der Waals surface area contributed by atoms with Gasteiger partial charge in [0.2, 0.25) is 5.91 Å². The fourth-order valence-corrected chi connectivity index (χ4v) is 3.23. The fraction of sp³-hybridized carbons (Fsp3) is 0.526. The smallest absolute Gasteiger partial charge is 0.310 e. The van der Waals surface area contributed by atoms with E-state index < -0.39 is 5.97 Å². The average molecular weight is 346 g/mol. The summed E-state index contributed by atoms with van der Waals surface area (Å²) in [4.78, 5) is 36.9. The van der Waals surface area contributed by atoms with Crippen molar-refractivity contribution in [3.8, 4) is 0 Å². The molecule has 2 amide bonds. The number of rotatable bonds is 5. The molecule has 1 saturated heterocycles. The molecule has 0 unspecified atom stereocenters. The third-order valence-corrected chi connectivity index (χ3v) is 4.20. The third-order valence-electron chi connectivity index (χ3n) is 4.20. The lowest BCUT2D eigenvalue weighted by atomic mass is 9.92. The Bertz CT molecular complexity index is 617. The van der Waals surface area contributed by atoms with Crippen molar-refractivity contribution in [2.45, 2.75) is 33.6 Å². The van der Waals surface area contributed by atoms with E-state index in [1.807, 2.05) is 0 Å². The first-order valence-electron chi connectivity index (χ1n) is 8.63. The number of anilines is 1.